The number of hydrogen-bond donors (Lipinski definition) is 0. The molecule has 0 N–H and O–H groups in total. The van der Waals surface area contributed by atoms with Crippen molar-refractivity contribution in [3.8, 4) is 0 Å². The van der Waals surface area contributed by atoms with Crippen LogP contribution in [0.4, 0.5) is 10.7 Å². The third kappa shape index (κ3) is 2.18. The molecular formula is C21H15NO3. The van der Waals surface area contributed by atoms with Gasteiger partial charge in [-0.3, -0.25) is 0 Å². The summed E-state index contributed by atoms with van der Waals surface area (Å²) in [6, 6.07) is 23.7. The molecule has 0 aliphatic carbocycles. The van der Waals surface area contributed by atoms with E-state index in [1.54, 1.807) is 4.90 Å². The quantitative estimate of drug-likeness (QED) is 0.502. The Morgan fingerprint density at radius 1 is 0.880 bits per heavy atom. The summed E-state index contributed by atoms with van der Waals surface area (Å²) in [5, 5.41) is 3.25. The number of rotatable bonds is 2. The van der Waals surface area contributed by atoms with E-state index in [0.717, 1.165) is 27.3 Å². The number of nitrogens with zero attached hydrogens (tertiary/aromatic N) is 1. The third-order valence-corrected chi connectivity index (χ3v) is 4.71. The van der Waals surface area contributed by atoms with Gasteiger partial charge in [0.05, 0.1) is 0 Å². The van der Waals surface area contributed by atoms with Crippen LogP contribution in [0.2, 0.25) is 0 Å². The van der Waals surface area contributed by atoms with Crippen LogP contribution in [-0.4, -0.2) is 12.7 Å². The van der Waals surface area contributed by atoms with E-state index in [1.807, 2.05) is 60.7 Å². The van der Waals surface area contributed by atoms with Crippen molar-refractivity contribution in [1.29, 1.82) is 0 Å². The molecule has 4 nitrogen and oxygen atoms in total. The molecule has 2 heterocycles. The average molecular weight is 329 g/mol. The maximum Gasteiger partial charge on any atom is 0.417 e. The molecule has 1 aromatic heterocycles. The van der Waals surface area contributed by atoms with Crippen LogP contribution in [-0.2, 0) is 4.74 Å². The van der Waals surface area contributed by atoms with Gasteiger partial charge in [0.2, 0.25) is 5.88 Å². The first-order valence-corrected chi connectivity index (χ1v) is 8.23. The summed E-state index contributed by atoms with van der Waals surface area (Å²) in [5.74, 6) is 0.516. The molecule has 0 saturated carbocycles. The molecule has 1 fully saturated rings. The lowest BCUT2D eigenvalue weighted by Crippen LogP contribution is -2.26. The number of fused-ring (bicyclic) bond motifs is 3. The second-order valence-corrected chi connectivity index (χ2v) is 6.16. The van der Waals surface area contributed by atoms with E-state index in [1.165, 1.54) is 0 Å². The van der Waals surface area contributed by atoms with Gasteiger partial charge in [-0.1, -0.05) is 60.7 Å². The number of furan rings is 1. The van der Waals surface area contributed by atoms with Crippen LogP contribution in [0.3, 0.4) is 0 Å². The minimum Gasteiger partial charge on any atom is -0.446 e. The first-order valence-electron chi connectivity index (χ1n) is 8.23. The summed E-state index contributed by atoms with van der Waals surface area (Å²) in [6.07, 6.45) is -0.378. The van der Waals surface area contributed by atoms with Crippen LogP contribution in [0.15, 0.2) is 77.2 Å². The zero-order chi connectivity index (χ0) is 16.8. The van der Waals surface area contributed by atoms with Crippen molar-refractivity contribution in [1.82, 2.24) is 0 Å². The van der Waals surface area contributed by atoms with Crippen molar-refractivity contribution in [2.75, 3.05) is 11.5 Å². The number of amides is 1. The summed E-state index contributed by atoms with van der Waals surface area (Å²) in [7, 11) is 0. The molecule has 4 heteroatoms. The molecule has 0 unspecified atom stereocenters. The first-order chi connectivity index (χ1) is 12.3. The van der Waals surface area contributed by atoms with Crippen molar-refractivity contribution in [2.24, 2.45) is 0 Å². The number of carbonyl (C=O) groups is 1. The maximum absolute atomic E-state index is 12.3. The summed E-state index contributed by atoms with van der Waals surface area (Å²) >= 11 is 0. The highest BCUT2D eigenvalue weighted by atomic mass is 16.6. The Balaban J connectivity index is 1.66. The predicted octanol–water partition coefficient (Wildman–Crippen LogP) is 5.28. The Morgan fingerprint density at radius 3 is 2.56 bits per heavy atom. The number of ether oxygens (including phenoxy) is 1. The molecule has 1 atom stereocenters. The summed E-state index contributed by atoms with van der Waals surface area (Å²) in [4.78, 5) is 13.9. The van der Waals surface area contributed by atoms with Gasteiger partial charge in [-0.15, -0.1) is 0 Å². The van der Waals surface area contributed by atoms with Crippen LogP contribution in [0, 0.1) is 0 Å². The van der Waals surface area contributed by atoms with E-state index in [9.17, 15) is 4.79 Å². The van der Waals surface area contributed by atoms with Crippen LogP contribution in [0.5, 0.6) is 0 Å². The molecule has 1 saturated heterocycles. The van der Waals surface area contributed by atoms with Crippen LogP contribution in [0.1, 0.15) is 11.6 Å². The van der Waals surface area contributed by atoms with Crippen molar-refractivity contribution in [3.05, 3.63) is 78.4 Å². The van der Waals surface area contributed by atoms with Gasteiger partial charge in [-0.2, -0.15) is 0 Å². The Kier molecular flexibility index (Phi) is 3.04. The highest BCUT2D eigenvalue weighted by molar-refractivity contribution is 6.07. The fourth-order valence-electron chi connectivity index (χ4n) is 3.48. The number of hydrogen-bond acceptors (Lipinski definition) is 3. The molecule has 0 radical (unpaired) electrons. The van der Waals surface area contributed by atoms with E-state index >= 15 is 0 Å². The molecule has 122 valence electrons. The molecule has 0 spiro atoms. The molecule has 5 rings (SSSR count). The smallest absolute Gasteiger partial charge is 0.417 e. The SMILES string of the molecule is O=C1OC[C@@H](c2ccccc2)N1c1cc2c(ccc3ccccc32)o1. The number of benzene rings is 3. The Labute approximate surface area is 144 Å². The number of carbonyl (C=O) groups excluding carboxylic acids is 1. The van der Waals surface area contributed by atoms with Gasteiger partial charge in [0.15, 0.2) is 0 Å². The Hall–Kier alpha value is -3.27. The minimum atomic E-state index is -0.378. The zero-order valence-electron chi connectivity index (χ0n) is 13.4. The molecular weight excluding hydrogens is 314 g/mol. The normalized spacial score (nSPS) is 17.4. The first kappa shape index (κ1) is 14.1. The van der Waals surface area contributed by atoms with Gasteiger partial charge in [0.25, 0.3) is 0 Å². The summed E-state index contributed by atoms with van der Waals surface area (Å²) in [5.41, 5.74) is 1.79. The maximum atomic E-state index is 12.3. The lowest BCUT2D eigenvalue weighted by molar-refractivity contribution is 0.178. The van der Waals surface area contributed by atoms with Crippen LogP contribution >= 0.6 is 0 Å². The number of cyclic esters (lactones) is 1. The van der Waals surface area contributed by atoms with E-state index in [4.69, 9.17) is 9.15 Å². The second-order valence-electron chi connectivity index (χ2n) is 6.16. The topological polar surface area (TPSA) is 42.7 Å². The van der Waals surface area contributed by atoms with Gasteiger partial charge in [0, 0.05) is 11.5 Å². The van der Waals surface area contributed by atoms with Crippen LogP contribution < -0.4 is 4.90 Å². The summed E-state index contributed by atoms with van der Waals surface area (Å²) in [6.45, 7) is 0.320. The monoisotopic (exact) mass is 329 g/mol. The van der Waals surface area contributed by atoms with Gasteiger partial charge < -0.3 is 9.15 Å². The van der Waals surface area contributed by atoms with E-state index in [0.29, 0.717) is 12.5 Å². The van der Waals surface area contributed by atoms with E-state index in [2.05, 4.69) is 12.1 Å². The van der Waals surface area contributed by atoms with Gasteiger partial charge in [-0.05, 0) is 22.4 Å². The predicted molar refractivity (Wildman–Crippen MR) is 96.7 cm³/mol. The lowest BCUT2D eigenvalue weighted by Gasteiger charge is -2.18. The standard InChI is InChI=1S/C21H15NO3/c23-21-22(18(13-24-21)15-7-2-1-3-8-15)20-12-17-16-9-5-4-6-14(16)10-11-19(17)25-20/h1-12,18H,13H2/t18-/m0/s1. The lowest BCUT2D eigenvalue weighted by atomic mass is 10.1. The van der Waals surface area contributed by atoms with E-state index in [-0.39, 0.29) is 12.1 Å². The molecule has 0 bridgehead atoms. The van der Waals surface area contributed by atoms with Crippen molar-refractivity contribution < 1.29 is 13.9 Å². The highest BCUT2D eigenvalue weighted by Gasteiger charge is 2.37. The summed E-state index contributed by atoms with van der Waals surface area (Å²) < 4.78 is 11.3. The van der Waals surface area contributed by atoms with Gasteiger partial charge in [-0.25, -0.2) is 9.69 Å². The minimum absolute atomic E-state index is 0.180. The highest BCUT2D eigenvalue weighted by Crippen LogP contribution is 2.38. The number of anilines is 1. The van der Waals surface area contributed by atoms with Crippen molar-refractivity contribution >= 4 is 33.7 Å². The molecule has 3 aromatic carbocycles. The van der Waals surface area contributed by atoms with E-state index < -0.39 is 0 Å². The third-order valence-electron chi connectivity index (χ3n) is 4.71. The second kappa shape index (κ2) is 5.38. The fraction of sp³-hybridized carbons (Fsp3) is 0.0952. The molecule has 1 amide bonds. The van der Waals surface area contributed by atoms with Gasteiger partial charge >= 0.3 is 6.09 Å². The van der Waals surface area contributed by atoms with Crippen molar-refractivity contribution in [3.63, 3.8) is 0 Å². The molecule has 1 aliphatic heterocycles. The molecule has 1 aliphatic rings. The fourth-order valence-corrected chi connectivity index (χ4v) is 3.48. The van der Waals surface area contributed by atoms with Crippen LogP contribution in [0.25, 0.3) is 21.7 Å². The zero-order valence-corrected chi connectivity index (χ0v) is 13.4. The van der Waals surface area contributed by atoms with Gasteiger partial charge in [0.1, 0.15) is 18.2 Å². The Bertz CT molecular complexity index is 1080. The van der Waals surface area contributed by atoms with Crippen molar-refractivity contribution in [2.45, 2.75) is 6.04 Å². The largest absolute Gasteiger partial charge is 0.446 e. The Morgan fingerprint density at radius 2 is 1.68 bits per heavy atom. The molecule has 25 heavy (non-hydrogen) atoms. The molecule has 4 aromatic rings. The average Bonchev–Trinajstić information content (AvgIpc) is 3.25.